The number of nitrogens with zero attached hydrogens (tertiary/aromatic N) is 1. The largest absolute Gasteiger partial charge is 0.370 e. The van der Waals surface area contributed by atoms with Gasteiger partial charge in [-0.2, -0.15) is 5.10 Å². The Morgan fingerprint density at radius 1 is 1.64 bits per heavy atom. The molecule has 0 atom stereocenters. The van der Waals surface area contributed by atoms with E-state index in [1.165, 1.54) is 12.3 Å². The molecule has 1 aromatic heterocycles. The molecular formula is C6H10N4O3S. The first-order valence-electron chi connectivity index (χ1n) is 3.80. The molecule has 0 aromatic carbocycles. The third-order valence-electron chi connectivity index (χ3n) is 1.43. The SMILES string of the molecule is NC(=O)CCNS(=O)(=O)c1ccn[nH]1. The summed E-state index contributed by atoms with van der Waals surface area (Å²) in [7, 11) is -3.59. The average molecular weight is 218 g/mol. The summed E-state index contributed by atoms with van der Waals surface area (Å²) in [5, 5.41) is 5.75. The number of nitrogens with one attached hydrogen (secondary N) is 2. The van der Waals surface area contributed by atoms with Crippen LogP contribution in [0, 0.1) is 0 Å². The third kappa shape index (κ3) is 2.82. The zero-order valence-electron chi connectivity index (χ0n) is 7.23. The number of amides is 1. The monoisotopic (exact) mass is 218 g/mol. The maximum Gasteiger partial charge on any atom is 0.257 e. The molecule has 0 saturated heterocycles. The molecule has 8 heteroatoms. The lowest BCUT2D eigenvalue weighted by Crippen LogP contribution is -2.28. The van der Waals surface area contributed by atoms with Crippen LogP contribution in [0.25, 0.3) is 0 Å². The van der Waals surface area contributed by atoms with Gasteiger partial charge in [-0.1, -0.05) is 0 Å². The number of sulfonamides is 1. The number of primary amides is 1. The van der Waals surface area contributed by atoms with E-state index in [4.69, 9.17) is 5.73 Å². The summed E-state index contributed by atoms with van der Waals surface area (Å²) in [4.78, 5) is 10.3. The molecule has 0 bridgehead atoms. The highest BCUT2D eigenvalue weighted by atomic mass is 32.2. The zero-order valence-corrected chi connectivity index (χ0v) is 8.04. The van der Waals surface area contributed by atoms with E-state index in [1.807, 2.05) is 0 Å². The fourth-order valence-corrected chi connectivity index (χ4v) is 1.72. The Labute approximate surface area is 80.7 Å². The second kappa shape index (κ2) is 4.20. The van der Waals surface area contributed by atoms with Gasteiger partial charge >= 0.3 is 0 Å². The highest BCUT2D eigenvalue weighted by Gasteiger charge is 2.14. The summed E-state index contributed by atoms with van der Waals surface area (Å²) in [6.07, 6.45) is 1.29. The number of carbonyl (C=O) groups excluding carboxylic acids is 1. The van der Waals surface area contributed by atoms with Crippen molar-refractivity contribution >= 4 is 15.9 Å². The number of H-pyrrole nitrogens is 1. The van der Waals surface area contributed by atoms with Crippen LogP contribution in [0.3, 0.4) is 0 Å². The molecule has 0 spiro atoms. The van der Waals surface area contributed by atoms with Crippen molar-refractivity contribution in [3.63, 3.8) is 0 Å². The topological polar surface area (TPSA) is 118 Å². The summed E-state index contributed by atoms with van der Waals surface area (Å²) >= 11 is 0. The summed E-state index contributed by atoms with van der Waals surface area (Å²) in [5.41, 5.74) is 4.85. The zero-order chi connectivity index (χ0) is 10.6. The minimum Gasteiger partial charge on any atom is -0.370 e. The van der Waals surface area contributed by atoms with Crippen LogP contribution in [0.2, 0.25) is 0 Å². The summed E-state index contributed by atoms with van der Waals surface area (Å²) in [6.45, 7) is -0.0172. The van der Waals surface area contributed by atoms with Crippen molar-refractivity contribution in [1.29, 1.82) is 0 Å². The molecule has 1 aromatic rings. The Morgan fingerprint density at radius 3 is 2.86 bits per heavy atom. The number of hydrogen-bond donors (Lipinski definition) is 3. The molecule has 1 amide bonds. The van der Waals surface area contributed by atoms with Crippen LogP contribution in [-0.2, 0) is 14.8 Å². The van der Waals surface area contributed by atoms with E-state index in [0.717, 1.165) is 0 Å². The summed E-state index contributed by atoms with van der Waals surface area (Å²) in [5.74, 6) is -0.558. The van der Waals surface area contributed by atoms with Gasteiger partial charge in [0.15, 0.2) is 5.03 Å². The van der Waals surface area contributed by atoms with Crippen LogP contribution in [0.5, 0.6) is 0 Å². The number of hydrogen-bond acceptors (Lipinski definition) is 4. The standard InChI is InChI=1S/C6H10N4O3S/c7-5(11)1-4-9-14(12,13)6-2-3-8-10-6/h2-3,9H,1,4H2,(H2,7,11)(H,8,10). The number of nitrogens with two attached hydrogens (primary N) is 1. The van der Waals surface area contributed by atoms with Gasteiger partial charge < -0.3 is 5.73 Å². The Kier molecular flexibility index (Phi) is 3.20. The first kappa shape index (κ1) is 10.7. The first-order chi connectivity index (χ1) is 6.52. The highest BCUT2D eigenvalue weighted by Crippen LogP contribution is 2.01. The van der Waals surface area contributed by atoms with E-state index in [9.17, 15) is 13.2 Å². The van der Waals surface area contributed by atoms with E-state index in [-0.39, 0.29) is 18.0 Å². The van der Waals surface area contributed by atoms with Crippen molar-refractivity contribution in [2.75, 3.05) is 6.54 Å². The van der Waals surface area contributed by atoms with Crippen LogP contribution in [0.15, 0.2) is 17.3 Å². The lowest BCUT2D eigenvalue weighted by atomic mass is 10.4. The van der Waals surface area contributed by atoms with E-state index in [2.05, 4.69) is 14.9 Å². The van der Waals surface area contributed by atoms with Crippen molar-refractivity contribution < 1.29 is 13.2 Å². The van der Waals surface area contributed by atoms with Gasteiger partial charge in [0.1, 0.15) is 0 Å². The maximum atomic E-state index is 11.3. The molecule has 78 valence electrons. The van der Waals surface area contributed by atoms with Gasteiger partial charge in [0.2, 0.25) is 5.91 Å². The van der Waals surface area contributed by atoms with Gasteiger partial charge in [-0.3, -0.25) is 9.89 Å². The predicted octanol–water partition coefficient (Wildman–Crippen LogP) is -1.44. The molecule has 0 saturated carbocycles. The normalized spacial score (nSPS) is 11.4. The fraction of sp³-hybridized carbons (Fsp3) is 0.333. The smallest absolute Gasteiger partial charge is 0.257 e. The number of rotatable bonds is 5. The Balaban J connectivity index is 2.56. The Bertz CT molecular complexity index is 397. The third-order valence-corrected chi connectivity index (χ3v) is 2.82. The van der Waals surface area contributed by atoms with E-state index >= 15 is 0 Å². The van der Waals surface area contributed by atoms with Crippen molar-refractivity contribution in [2.45, 2.75) is 11.4 Å². The predicted molar refractivity (Wildman–Crippen MR) is 47.6 cm³/mol. The molecule has 0 radical (unpaired) electrons. The van der Waals surface area contributed by atoms with Crippen LogP contribution < -0.4 is 10.5 Å². The van der Waals surface area contributed by atoms with Gasteiger partial charge in [-0.25, -0.2) is 13.1 Å². The van der Waals surface area contributed by atoms with Gasteiger partial charge in [-0.05, 0) is 6.07 Å². The van der Waals surface area contributed by atoms with E-state index < -0.39 is 15.9 Å². The lowest BCUT2D eigenvalue weighted by Gasteiger charge is -2.01. The molecule has 0 aliphatic carbocycles. The Morgan fingerprint density at radius 2 is 2.36 bits per heavy atom. The molecule has 7 nitrogen and oxygen atoms in total. The summed E-state index contributed by atoms with van der Waals surface area (Å²) < 4.78 is 24.9. The average Bonchev–Trinajstić information content (AvgIpc) is 2.54. The maximum absolute atomic E-state index is 11.3. The van der Waals surface area contributed by atoms with Gasteiger partial charge in [0.05, 0.1) is 6.20 Å². The molecule has 0 unspecified atom stereocenters. The number of carbonyl (C=O) groups is 1. The molecule has 1 rings (SSSR count). The molecule has 4 N–H and O–H groups in total. The quantitative estimate of drug-likeness (QED) is 0.561. The highest BCUT2D eigenvalue weighted by molar-refractivity contribution is 7.89. The minimum absolute atomic E-state index is 0.0172. The molecule has 0 aliphatic heterocycles. The molecule has 14 heavy (non-hydrogen) atoms. The minimum atomic E-state index is -3.59. The van der Waals surface area contributed by atoms with Crippen LogP contribution >= 0.6 is 0 Å². The molecule has 1 heterocycles. The van der Waals surface area contributed by atoms with E-state index in [0.29, 0.717) is 0 Å². The van der Waals surface area contributed by atoms with E-state index in [1.54, 1.807) is 0 Å². The van der Waals surface area contributed by atoms with Crippen molar-refractivity contribution in [2.24, 2.45) is 5.73 Å². The van der Waals surface area contributed by atoms with Crippen molar-refractivity contribution in [3.05, 3.63) is 12.3 Å². The van der Waals surface area contributed by atoms with Crippen LogP contribution in [0.1, 0.15) is 6.42 Å². The van der Waals surface area contributed by atoms with Crippen molar-refractivity contribution in [3.8, 4) is 0 Å². The first-order valence-corrected chi connectivity index (χ1v) is 5.28. The second-order valence-corrected chi connectivity index (χ2v) is 4.27. The summed E-state index contributed by atoms with van der Waals surface area (Å²) in [6, 6.07) is 1.31. The van der Waals surface area contributed by atoms with Crippen molar-refractivity contribution in [1.82, 2.24) is 14.9 Å². The van der Waals surface area contributed by atoms with Gasteiger partial charge in [-0.15, -0.1) is 0 Å². The van der Waals surface area contributed by atoms with Crippen LogP contribution in [0.4, 0.5) is 0 Å². The number of aromatic nitrogens is 2. The van der Waals surface area contributed by atoms with Crippen LogP contribution in [-0.4, -0.2) is 31.1 Å². The second-order valence-electron chi connectivity index (χ2n) is 2.53. The Hall–Kier alpha value is -1.41. The molecule has 0 fully saturated rings. The molecule has 0 aliphatic rings. The van der Waals surface area contributed by atoms with Gasteiger partial charge in [0, 0.05) is 13.0 Å². The molecular weight excluding hydrogens is 208 g/mol. The van der Waals surface area contributed by atoms with Gasteiger partial charge in [0.25, 0.3) is 10.0 Å². The lowest BCUT2D eigenvalue weighted by molar-refractivity contribution is -0.117. The fourth-order valence-electron chi connectivity index (χ4n) is 0.779. The number of aromatic amines is 1.